The highest BCUT2D eigenvalue weighted by atomic mass is 32.1. The summed E-state index contributed by atoms with van der Waals surface area (Å²) in [6.45, 7) is 2.19. The zero-order valence-corrected chi connectivity index (χ0v) is 15.1. The van der Waals surface area contributed by atoms with Gasteiger partial charge in [-0.15, -0.1) is 11.3 Å². The summed E-state index contributed by atoms with van der Waals surface area (Å²) in [5.41, 5.74) is 0. The maximum Gasteiger partial charge on any atom is 0.261 e. The second kappa shape index (κ2) is 6.39. The van der Waals surface area contributed by atoms with Crippen molar-refractivity contribution in [1.29, 1.82) is 0 Å². The number of fused-ring (bicyclic) bond motifs is 2. The van der Waals surface area contributed by atoms with Crippen molar-refractivity contribution in [3.05, 3.63) is 22.4 Å². The van der Waals surface area contributed by atoms with Gasteiger partial charge >= 0.3 is 0 Å². The Morgan fingerprint density at radius 1 is 1.35 bits per heavy atom. The summed E-state index contributed by atoms with van der Waals surface area (Å²) in [5.74, 6) is -0.775. The second-order valence-electron chi connectivity index (χ2n) is 6.95. The monoisotopic (exact) mass is 376 g/mol. The molecular formula is C17H20N4O4S. The molecule has 8 nitrogen and oxygen atoms in total. The normalized spacial score (nSPS) is 30.5. The average Bonchev–Trinajstić information content (AvgIpc) is 3.32. The Hall–Kier alpha value is -2.42. The molecule has 4 rings (SSSR count). The Morgan fingerprint density at radius 3 is 2.85 bits per heavy atom. The van der Waals surface area contributed by atoms with Crippen LogP contribution in [0.2, 0.25) is 0 Å². The molecule has 1 aromatic heterocycles. The lowest BCUT2D eigenvalue weighted by molar-refractivity contribution is -0.143. The van der Waals surface area contributed by atoms with Gasteiger partial charge in [0.1, 0.15) is 12.1 Å². The predicted molar refractivity (Wildman–Crippen MR) is 93.4 cm³/mol. The molecule has 9 heteroatoms. The Bertz CT molecular complexity index is 765. The molecule has 0 aliphatic carbocycles. The SMILES string of the molecule is CC(=O)N1CCC2NC(=O)C3CC(NC(=O)c4cccs4)CN3C(=O)C21. The Morgan fingerprint density at radius 2 is 2.15 bits per heavy atom. The smallest absolute Gasteiger partial charge is 0.261 e. The molecule has 0 spiro atoms. The summed E-state index contributed by atoms with van der Waals surface area (Å²) in [6, 6.07) is 1.68. The predicted octanol–water partition coefficient (Wildman–Crippen LogP) is -0.433. The van der Waals surface area contributed by atoms with Crippen LogP contribution in [0, 0.1) is 0 Å². The van der Waals surface area contributed by atoms with Crippen molar-refractivity contribution in [2.75, 3.05) is 13.1 Å². The number of rotatable bonds is 2. The Labute approximate surface area is 154 Å². The van der Waals surface area contributed by atoms with Crippen LogP contribution in [0.25, 0.3) is 0 Å². The zero-order chi connectivity index (χ0) is 18.4. The van der Waals surface area contributed by atoms with Gasteiger partial charge in [-0.25, -0.2) is 0 Å². The minimum absolute atomic E-state index is 0.166. The minimum Gasteiger partial charge on any atom is -0.349 e. The van der Waals surface area contributed by atoms with Crippen LogP contribution in [0.5, 0.6) is 0 Å². The van der Waals surface area contributed by atoms with E-state index >= 15 is 0 Å². The number of likely N-dealkylation sites (tertiary alicyclic amines) is 1. The van der Waals surface area contributed by atoms with Gasteiger partial charge in [0, 0.05) is 26.1 Å². The number of thiophene rings is 1. The third-order valence-corrected chi connectivity index (χ3v) is 6.22. The molecule has 4 amide bonds. The molecule has 0 bridgehead atoms. The van der Waals surface area contributed by atoms with Crippen molar-refractivity contribution < 1.29 is 19.2 Å². The molecule has 2 N–H and O–H groups in total. The molecule has 0 saturated carbocycles. The van der Waals surface area contributed by atoms with E-state index in [0.29, 0.717) is 24.3 Å². The number of carbonyl (C=O) groups excluding carboxylic acids is 4. The molecule has 0 aromatic carbocycles. The first kappa shape index (κ1) is 17.0. The maximum atomic E-state index is 13.1. The molecule has 1 aromatic rings. The number of nitrogens with zero attached hydrogens (tertiary/aromatic N) is 2. The zero-order valence-electron chi connectivity index (χ0n) is 14.3. The van der Waals surface area contributed by atoms with Crippen molar-refractivity contribution in [1.82, 2.24) is 20.4 Å². The van der Waals surface area contributed by atoms with Crippen LogP contribution in [0.1, 0.15) is 29.4 Å². The van der Waals surface area contributed by atoms with E-state index in [1.165, 1.54) is 28.1 Å². The van der Waals surface area contributed by atoms with Gasteiger partial charge in [0.15, 0.2) is 0 Å². The first-order valence-electron chi connectivity index (χ1n) is 8.68. The van der Waals surface area contributed by atoms with Gasteiger partial charge in [-0.1, -0.05) is 6.07 Å². The fourth-order valence-electron chi connectivity index (χ4n) is 4.15. The van der Waals surface area contributed by atoms with Crippen LogP contribution in [0.15, 0.2) is 17.5 Å². The largest absolute Gasteiger partial charge is 0.349 e. The Kier molecular flexibility index (Phi) is 4.18. The first-order chi connectivity index (χ1) is 12.5. The van der Waals surface area contributed by atoms with Crippen molar-refractivity contribution in [2.24, 2.45) is 0 Å². The topological polar surface area (TPSA) is 98.8 Å². The quantitative estimate of drug-likeness (QED) is 0.731. The van der Waals surface area contributed by atoms with Gasteiger partial charge in [-0.05, 0) is 24.3 Å². The third kappa shape index (κ3) is 2.76. The third-order valence-electron chi connectivity index (χ3n) is 5.35. The van der Waals surface area contributed by atoms with Crippen molar-refractivity contribution in [2.45, 2.75) is 43.9 Å². The van der Waals surface area contributed by atoms with Crippen LogP contribution in [-0.4, -0.2) is 70.7 Å². The van der Waals surface area contributed by atoms with Crippen LogP contribution in [0.4, 0.5) is 0 Å². The van der Waals surface area contributed by atoms with E-state index in [4.69, 9.17) is 0 Å². The van der Waals surface area contributed by atoms with Gasteiger partial charge in [0.05, 0.1) is 10.9 Å². The number of amides is 4. The lowest BCUT2D eigenvalue weighted by Gasteiger charge is -2.28. The number of hydrogen-bond acceptors (Lipinski definition) is 5. The maximum absolute atomic E-state index is 13.1. The lowest BCUT2D eigenvalue weighted by Crippen LogP contribution is -2.52. The standard InChI is InChI=1S/C17H20N4O4S/c1-9(22)20-5-4-11-14(20)17(25)21-8-10(7-12(21)15(23)19-11)18-16(24)13-3-2-6-26-13/h2-3,6,10-12,14H,4-5,7-8H2,1H3,(H,18,24)(H,19,23). The van der Waals surface area contributed by atoms with E-state index in [9.17, 15) is 19.2 Å². The highest BCUT2D eigenvalue weighted by Gasteiger charge is 2.51. The molecule has 4 unspecified atom stereocenters. The summed E-state index contributed by atoms with van der Waals surface area (Å²) in [7, 11) is 0. The fraction of sp³-hybridized carbons (Fsp3) is 0.529. The van der Waals surface area contributed by atoms with Gasteiger partial charge in [0.25, 0.3) is 5.91 Å². The van der Waals surface area contributed by atoms with Crippen molar-refractivity contribution >= 4 is 35.0 Å². The van der Waals surface area contributed by atoms with Gasteiger partial charge in [-0.2, -0.15) is 0 Å². The van der Waals surface area contributed by atoms with Crippen LogP contribution in [0.3, 0.4) is 0 Å². The number of nitrogens with one attached hydrogen (secondary N) is 2. The number of hydrogen-bond donors (Lipinski definition) is 2. The summed E-state index contributed by atoms with van der Waals surface area (Å²) in [5, 5.41) is 7.66. The van der Waals surface area contributed by atoms with E-state index in [-0.39, 0.29) is 42.3 Å². The molecule has 3 saturated heterocycles. The van der Waals surface area contributed by atoms with Gasteiger partial charge in [0.2, 0.25) is 17.7 Å². The van der Waals surface area contributed by atoms with Gasteiger partial charge < -0.3 is 20.4 Å². The molecule has 4 heterocycles. The highest BCUT2D eigenvalue weighted by molar-refractivity contribution is 7.12. The molecule has 4 atom stereocenters. The van der Waals surface area contributed by atoms with E-state index in [1.807, 2.05) is 5.38 Å². The van der Waals surface area contributed by atoms with E-state index < -0.39 is 12.1 Å². The summed E-state index contributed by atoms with van der Waals surface area (Å²) < 4.78 is 0. The van der Waals surface area contributed by atoms with Gasteiger partial charge in [-0.3, -0.25) is 19.2 Å². The molecule has 138 valence electrons. The van der Waals surface area contributed by atoms with Crippen LogP contribution >= 0.6 is 11.3 Å². The molecule has 0 radical (unpaired) electrons. The van der Waals surface area contributed by atoms with Crippen molar-refractivity contribution in [3.63, 3.8) is 0 Å². The lowest BCUT2D eigenvalue weighted by atomic mass is 10.1. The second-order valence-corrected chi connectivity index (χ2v) is 7.90. The Balaban J connectivity index is 1.52. The highest BCUT2D eigenvalue weighted by Crippen LogP contribution is 2.29. The minimum atomic E-state index is -0.645. The van der Waals surface area contributed by atoms with E-state index in [1.54, 1.807) is 12.1 Å². The fourth-order valence-corrected chi connectivity index (χ4v) is 4.77. The average molecular weight is 376 g/mol. The first-order valence-corrected chi connectivity index (χ1v) is 9.56. The van der Waals surface area contributed by atoms with E-state index in [0.717, 1.165) is 0 Å². The summed E-state index contributed by atoms with van der Waals surface area (Å²) >= 11 is 1.34. The van der Waals surface area contributed by atoms with Crippen LogP contribution < -0.4 is 10.6 Å². The van der Waals surface area contributed by atoms with Crippen molar-refractivity contribution in [3.8, 4) is 0 Å². The molecular weight excluding hydrogens is 356 g/mol. The molecule has 26 heavy (non-hydrogen) atoms. The van der Waals surface area contributed by atoms with E-state index in [2.05, 4.69) is 10.6 Å². The van der Waals surface area contributed by atoms with Crippen LogP contribution in [-0.2, 0) is 14.4 Å². The summed E-state index contributed by atoms with van der Waals surface area (Å²) in [6.07, 6.45) is 0.967. The molecule has 3 aliphatic heterocycles. The molecule has 3 aliphatic rings. The molecule has 3 fully saturated rings. The number of carbonyl (C=O) groups is 4. The summed E-state index contributed by atoms with van der Waals surface area (Å²) in [4.78, 5) is 53.4.